The Bertz CT molecular complexity index is 949. The molecule has 1 unspecified atom stereocenters. The standard InChI is InChI=1S/C19H24N4O5S/c1-4-11(2)28-19(25)17-13-7-5-6-8-15(13)29-18(17)20-16(24)10-22-9-14(23(26)27)12(3)21-22/h9,11H,4-8,10H2,1-3H3,(H,20,24). The van der Waals surface area contributed by atoms with Crippen molar-refractivity contribution in [1.29, 1.82) is 0 Å². The van der Waals surface area contributed by atoms with E-state index in [2.05, 4.69) is 10.4 Å². The number of rotatable bonds is 7. The lowest BCUT2D eigenvalue weighted by Gasteiger charge is -2.15. The SMILES string of the molecule is CCC(C)OC(=O)c1c(NC(=O)Cn2cc([N+](=O)[O-])c(C)n2)sc2c1CCCC2. The number of aromatic nitrogens is 2. The van der Waals surface area contributed by atoms with E-state index >= 15 is 0 Å². The van der Waals surface area contributed by atoms with Crippen molar-refractivity contribution in [3.05, 3.63) is 38.0 Å². The first-order valence-electron chi connectivity index (χ1n) is 9.64. The van der Waals surface area contributed by atoms with Gasteiger partial charge in [0.1, 0.15) is 23.4 Å². The molecule has 9 nitrogen and oxygen atoms in total. The highest BCUT2D eigenvalue weighted by Crippen LogP contribution is 2.38. The van der Waals surface area contributed by atoms with Gasteiger partial charge in [-0.2, -0.15) is 5.10 Å². The average molecular weight is 420 g/mol. The molecule has 2 aromatic rings. The molecule has 29 heavy (non-hydrogen) atoms. The third kappa shape index (κ3) is 4.64. The van der Waals surface area contributed by atoms with Crippen molar-refractivity contribution in [2.24, 2.45) is 0 Å². The van der Waals surface area contributed by atoms with E-state index in [1.807, 2.05) is 13.8 Å². The van der Waals surface area contributed by atoms with Crippen LogP contribution in [0.25, 0.3) is 0 Å². The van der Waals surface area contributed by atoms with Gasteiger partial charge in [-0.05, 0) is 51.5 Å². The zero-order valence-corrected chi connectivity index (χ0v) is 17.5. The van der Waals surface area contributed by atoms with Crippen molar-refractivity contribution < 1.29 is 19.2 Å². The molecule has 0 fully saturated rings. The van der Waals surface area contributed by atoms with Crippen LogP contribution in [0.1, 0.15) is 59.6 Å². The van der Waals surface area contributed by atoms with Crippen LogP contribution in [0.3, 0.4) is 0 Å². The van der Waals surface area contributed by atoms with E-state index in [0.717, 1.165) is 36.1 Å². The number of nitro groups is 1. The maximum atomic E-state index is 12.8. The first-order valence-corrected chi connectivity index (χ1v) is 10.5. The molecule has 0 bridgehead atoms. The number of nitrogens with zero attached hydrogens (tertiary/aromatic N) is 3. The van der Waals surface area contributed by atoms with E-state index in [9.17, 15) is 19.7 Å². The second-order valence-electron chi connectivity index (χ2n) is 7.14. The smallest absolute Gasteiger partial charge is 0.341 e. The number of hydrogen-bond donors (Lipinski definition) is 1. The summed E-state index contributed by atoms with van der Waals surface area (Å²) in [7, 11) is 0. The predicted molar refractivity (Wildman–Crippen MR) is 108 cm³/mol. The third-order valence-electron chi connectivity index (χ3n) is 4.93. The van der Waals surface area contributed by atoms with E-state index in [1.54, 1.807) is 0 Å². The topological polar surface area (TPSA) is 116 Å². The van der Waals surface area contributed by atoms with E-state index in [0.29, 0.717) is 17.0 Å². The Morgan fingerprint density at radius 3 is 2.79 bits per heavy atom. The summed E-state index contributed by atoms with van der Waals surface area (Å²) in [4.78, 5) is 36.9. The summed E-state index contributed by atoms with van der Waals surface area (Å²) in [6.45, 7) is 5.11. The highest BCUT2D eigenvalue weighted by atomic mass is 32.1. The van der Waals surface area contributed by atoms with Gasteiger partial charge in [-0.1, -0.05) is 6.92 Å². The van der Waals surface area contributed by atoms with Crippen molar-refractivity contribution >= 4 is 33.9 Å². The first kappa shape index (κ1) is 21.0. The number of amides is 1. The molecule has 1 aliphatic rings. The van der Waals surface area contributed by atoms with Gasteiger partial charge < -0.3 is 10.1 Å². The fourth-order valence-corrected chi connectivity index (χ4v) is 4.57. The number of nitrogens with one attached hydrogen (secondary N) is 1. The zero-order chi connectivity index (χ0) is 21.1. The van der Waals surface area contributed by atoms with Gasteiger partial charge in [0.25, 0.3) is 0 Å². The molecule has 0 aliphatic heterocycles. The van der Waals surface area contributed by atoms with Crippen molar-refractivity contribution in [2.45, 2.75) is 65.5 Å². The molecule has 1 N–H and O–H groups in total. The Morgan fingerprint density at radius 1 is 1.41 bits per heavy atom. The molecule has 2 aromatic heterocycles. The highest BCUT2D eigenvalue weighted by Gasteiger charge is 2.28. The maximum Gasteiger partial charge on any atom is 0.341 e. The molecule has 0 radical (unpaired) electrons. The maximum absolute atomic E-state index is 12.8. The number of carbonyl (C=O) groups excluding carboxylic acids is 2. The van der Waals surface area contributed by atoms with Crippen LogP contribution in [0.2, 0.25) is 0 Å². The number of esters is 1. The monoisotopic (exact) mass is 420 g/mol. The average Bonchev–Trinajstić information content (AvgIpc) is 3.21. The molecular weight excluding hydrogens is 396 g/mol. The minimum Gasteiger partial charge on any atom is -0.459 e. The summed E-state index contributed by atoms with van der Waals surface area (Å²) in [6, 6.07) is 0. The van der Waals surface area contributed by atoms with Gasteiger partial charge >= 0.3 is 11.7 Å². The molecule has 156 valence electrons. The normalized spacial score (nSPS) is 14.2. The number of thiophene rings is 1. The fourth-order valence-electron chi connectivity index (χ4n) is 3.28. The molecule has 10 heteroatoms. The quantitative estimate of drug-likeness (QED) is 0.415. The number of ether oxygens (including phenoxy) is 1. The molecule has 3 rings (SSSR count). The predicted octanol–water partition coefficient (Wildman–Crippen LogP) is 3.63. The second-order valence-corrected chi connectivity index (χ2v) is 8.25. The number of fused-ring (bicyclic) bond motifs is 1. The minimum atomic E-state index is -0.535. The largest absolute Gasteiger partial charge is 0.459 e. The second kappa shape index (κ2) is 8.73. The van der Waals surface area contributed by atoms with Gasteiger partial charge in [-0.3, -0.25) is 19.6 Å². The Kier molecular flexibility index (Phi) is 6.31. The summed E-state index contributed by atoms with van der Waals surface area (Å²) in [6.07, 6.45) is 5.44. The summed E-state index contributed by atoms with van der Waals surface area (Å²) in [5, 5.41) is 18.2. The van der Waals surface area contributed by atoms with Crippen molar-refractivity contribution in [1.82, 2.24) is 9.78 Å². The van der Waals surface area contributed by atoms with E-state index in [4.69, 9.17) is 4.74 Å². The van der Waals surface area contributed by atoms with Gasteiger partial charge in [0.15, 0.2) is 0 Å². The Balaban J connectivity index is 1.81. The lowest BCUT2D eigenvalue weighted by molar-refractivity contribution is -0.385. The fraction of sp³-hybridized carbons (Fsp3) is 0.526. The molecule has 0 aromatic carbocycles. The van der Waals surface area contributed by atoms with Crippen LogP contribution in [0.4, 0.5) is 10.7 Å². The van der Waals surface area contributed by atoms with Gasteiger partial charge in [0.2, 0.25) is 5.91 Å². The molecule has 1 amide bonds. The number of carbonyl (C=O) groups is 2. The molecule has 0 spiro atoms. The zero-order valence-electron chi connectivity index (χ0n) is 16.7. The van der Waals surface area contributed by atoms with Gasteiger partial charge in [-0.15, -0.1) is 11.3 Å². The summed E-state index contributed by atoms with van der Waals surface area (Å²) in [5.74, 6) is -0.821. The van der Waals surface area contributed by atoms with Crippen LogP contribution in [0, 0.1) is 17.0 Å². The third-order valence-corrected chi connectivity index (χ3v) is 6.14. The molecule has 2 heterocycles. The van der Waals surface area contributed by atoms with Gasteiger partial charge in [0.05, 0.1) is 16.6 Å². The Morgan fingerprint density at radius 2 is 2.14 bits per heavy atom. The van der Waals surface area contributed by atoms with Crippen LogP contribution < -0.4 is 5.32 Å². The summed E-state index contributed by atoms with van der Waals surface area (Å²) < 4.78 is 6.75. The van der Waals surface area contributed by atoms with Crippen molar-refractivity contribution in [2.75, 3.05) is 5.32 Å². The van der Waals surface area contributed by atoms with Crippen LogP contribution in [0.5, 0.6) is 0 Å². The lowest BCUT2D eigenvalue weighted by Crippen LogP contribution is -2.21. The minimum absolute atomic E-state index is 0.137. The van der Waals surface area contributed by atoms with Gasteiger partial charge in [0, 0.05) is 4.88 Å². The van der Waals surface area contributed by atoms with E-state index < -0.39 is 16.8 Å². The Labute approximate surface area is 172 Å². The summed E-state index contributed by atoms with van der Waals surface area (Å²) >= 11 is 1.41. The van der Waals surface area contributed by atoms with Gasteiger partial charge in [-0.25, -0.2) is 4.79 Å². The highest BCUT2D eigenvalue weighted by molar-refractivity contribution is 7.17. The lowest BCUT2D eigenvalue weighted by atomic mass is 9.95. The van der Waals surface area contributed by atoms with Crippen LogP contribution in [0.15, 0.2) is 6.20 Å². The van der Waals surface area contributed by atoms with Crippen LogP contribution in [-0.2, 0) is 28.9 Å². The van der Waals surface area contributed by atoms with E-state index in [-0.39, 0.29) is 24.0 Å². The number of hydrogen-bond acceptors (Lipinski definition) is 7. The molecule has 0 saturated heterocycles. The van der Waals surface area contributed by atoms with Crippen LogP contribution >= 0.6 is 11.3 Å². The number of anilines is 1. The molecule has 1 atom stereocenters. The molecular formula is C19H24N4O5S. The van der Waals surface area contributed by atoms with Crippen LogP contribution in [-0.4, -0.2) is 32.7 Å². The van der Waals surface area contributed by atoms with Crippen molar-refractivity contribution in [3.8, 4) is 0 Å². The molecule has 0 saturated carbocycles. The summed E-state index contributed by atoms with van der Waals surface area (Å²) in [5.41, 5.74) is 1.52. The number of aryl methyl sites for hydroxylation is 2. The Hall–Kier alpha value is -2.75. The van der Waals surface area contributed by atoms with Crippen molar-refractivity contribution in [3.63, 3.8) is 0 Å². The van der Waals surface area contributed by atoms with E-state index in [1.165, 1.54) is 29.1 Å². The first-order chi connectivity index (χ1) is 13.8. The molecule has 1 aliphatic carbocycles.